The van der Waals surface area contributed by atoms with Crippen LogP contribution in [0.25, 0.3) is 10.8 Å². The van der Waals surface area contributed by atoms with Gasteiger partial charge >= 0.3 is 0 Å². The average molecular weight is 187 g/mol. The normalized spacial score (nSPS) is 9.71. The Labute approximate surface area is 80.1 Å². The molecule has 0 atom stereocenters. The molecule has 0 heterocycles. The molecule has 0 bridgehead atoms. The summed E-state index contributed by atoms with van der Waals surface area (Å²) >= 11 is 0. The van der Waals surface area contributed by atoms with E-state index in [1.165, 1.54) is 6.07 Å². The predicted octanol–water partition coefficient (Wildman–Crippen LogP) is 2.97. The minimum atomic E-state index is 0.169. The Bertz CT molecular complexity index is 516. The minimum Gasteiger partial charge on any atom is -0.294 e. The van der Waals surface area contributed by atoms with Crippen molar-refractivity contribution >= 4 is 10.8 Å². The van der Waals surface area contributed by atoms with Crippen LogP contribution in [-0.2, 0) is 0 Å². The summed E-state index contributed by atoms with van der Waals surface area (Å²) in [5.41, 5.74) is 0.589. The Morgan fingerprint density at radius 1 is 1.07 bits per heavy atom. The maximum absolute atomic E-state index is 11.8. The van der Waals surface area contributed by atoms with E-state index in [1.807, 2.05) is 6.07 Å². The summed E-state index contributed by atoms with van der Waals surface area (Å²) in [7, 11) is 0. The summed E-state index contributed by atoms with van der Waals surface area (Å²) in [5.74, 6) is 0.169. The first-order chi connectivity index (χ1) is 6.83. The number of nitriles is 1. The topological polar surface area (TPSA) is 33.0 Å². The first-order valence-corrected chi connectivity index (χ1v) is 4.06. The van der Waals surface area contributed by atoms with Crippen molar-refractivity contribution in [2.75, 3.05) is 0 Å². The summed E-state index contributed by atoms with van der Waals surface area (Å²) in [6.45, 7) is 0. The molecule has 0 aliphatic rings. The van der Waals surface area contributed by atoms with Crippen LogP contribution in [0.5, 0.6) is 5.75 Å². The van der Waals surface area contributed by atoms with Crippen LogP contribution in [-0.4, -0.2) is 0 Å². The molecule has 2 rings (SSSR count). The highest BCUT2D eigenvalue weighted by molar-refractivity contribution is 5.85. The van der Waals surface area contributed by atoms with Crippen LogP contribution in [0.3, 0.4) is 0 Å². The van der Waals surface area contributed by atoms with Crippen LogP contribution in [0.1, 0.15) is 5.56 Å². The molecule has 2 nitrogen and oxygen atoms in total. The van der Waals surface area contributed by atoms with Gasteiger partial charge in [0.2, 0.25) is 0 Å². The third-order valence-corrected chi connectivity index (χ3v) is 2.03. The van der Waals surface area contributed by atoms with Gasteiger partial charge in [0.15, 0.2) is 5.75 Å². The monoisotopic (exact) mass is 187 g/mol. The minimum absolute atomic E-state index is 0.169. The Morgan fingerprint density at radius 2 is 1.79 bits per heavy atom. The summed E-state index contributed by atoms with van der Waals surface area (Å²) in [5, 5.41) is 10.4. The number of halogens is 1. The molecule has 0 unspecified atom stereocenters. The van der Waals surface area contributed by atoms with E-state index in [4.69, 9.17) is 5.26 Å². The van der Waals surface area contributed by atoms with Crippen LogP contribution in [0.4, 0.5) is 4.53 Å². The van der Waals surface area contributed by atoms with Gasteiger partial charge in [-0.05, 0) is 35.0 Å². The second-order valence-electron chi connectivity index (χ2n) is 2.91. The third-order valence-electron chi connectivity index (χ3n) is 2.03. The van der Waals surface area contributed by atoms with Crippen LogP contribution >= 0.6 is 0 Å². The summed E-state index contributed by atoms with van der Waals surface area (Å²) in [6.07, 6.45) is 0. The molecule has 0 N–H and O–H groups in total. The molecule has 14 heavy (non-hydrogen) atoms. The fourth-order valence-electron chi connectivity index (χ4n) is 1.34. The smallest absolute Gasteiger partial charge is 0.172 e. The van der Waals surface area contributed by atoms with E-state index < -0.39 is 0 Å². The van der Waals surface area contributed by atoms with Gasteiger partial charge < -0.3 is 0 Å². The van der Waals surface area contributed by atoms with E-state index >= 15 is 0 Å². The van der Waals surface area contributed by atoms with Gasteiger partial charge in [-0.1, -0.05) is 12.1 Å². The number of rotatable bonds is 1. The molecule has 0 spiro atoms. The van der Waals surface area contributed by atoms with E-state index in [9.17, 15) is 4.53 Å². The van der Waals surface area contributed by atoms with Gasteiger partial charge in [-0.25, -0.2) is 0 Å². The van der Waals surface area contributed by atoms with Crippen molar-refractivity contribution in [3.63, 3.8) is 0 Å². The number of hydrogen-bond donors (Lipinski definition) is 0. The molecule has 0 saturated heterocycles. The first kappa shape index (κ1) is 8.52. The van der Waals surface area contributed by atoms with Crippen molar-refractivity contribution < 1.29 is 9.47 Å². The van der Waals surface area contributed by atoms with Crippen LogP contribution in [0.15, 0.2) is 36.4 Å². The molecule has 2 aromatic rings. The molecule has 3 heteroatoms. The molecule has 0 aliphatic heterocycles. The third kappa shape index (κ3) is 1.38. The maximum atomic E-state index is 11.8. The second-order valence-corrected chi connectivity index (χ2v) is 2.91. The van der Waals surface area contributed by atoms with E-state index in [2.05, 4.69) is 4.94 Å². The predicted molar refractivity (Wildman–Crippen MR) is 50.4 cm³/mol. The largest absolute Gasteiger partial charge is 0.294 e. The van der Waals surface area contributed by atoms with Gasteiger partial charge in [0.25, 0.3) is 0 Å². The molecular formula is C11H6FNO. The number of nitrogens with zero attached hydrogens (tertiary/aromatic N) is 1. The molecule has 0 saturated carbocycles. The zero-order valence-corrected chi connectivity index (χ0v) is 7.20. The van der Waals surface area contributed by atoms with Crippen molar-refractivity contribution in [2.45, 2.75) is 0 Å². The molecule has 0 amide bonds. The Morgan fingerprint density at radius 3 is 2.50 bits per heavy atom. The molecule has 0 fully saturated rings. The molecular weight excluding hydrogens is 181 g/mol. The van der Waals surface area contributed by atoms with Gasteiger partial charge in [-0.15, -0.1) is 0 Å². The first-order valence-electron chi connectivity index (χ1n) is 4.06. The average Bonchev–Trinajstić information content (AvgIpc) is 2.27. The van der Waals surface area contributed by atoms with Crippen LogP contribution in [0, 0.1) is 11.3 Å². The second kappa shape index (κ2) is 3.35. The molecule has 0 aromatic heterocycles. The van der Waals surface area contributed by atoms with E-state index in [0.717, 1.165) is 10.8 Å². The van der Waals surface area contributed by atoms with Gasteiger partial charge in [0.05, 0.1) is 11.6 Å². The Hall–Kier alpha value is -2.08. The van der Waals surface area contributed by atoms with Crippen molar-refractivity contribution in [1.29, 1.82) is 5.26 Å². The standard InChI is InChI=1S/C11H6FNO/c12-14-11-4-3-9-5-8(7-13)1-2-10(9)6-11/h1-6H. The molecule has 0 radical (unpaired) electrons. The summed E-state index contributed by atoms with van der Waals surface area (Å²) in [6, 6.07) is 12.0. The zero-order chi connectivity index (χ0) is 9.97. The Balaban J connectivity index is 2.64. The van der Waals surface area contributed by atoms with Gasteiger partial charge in [-0.3, -0.25) is 4.94 Å². The van der Waals surface area contributed by atoms with Gasteiger partial charge in [0.1, 0.15) is 0 Å². The molecule has 0 aliphatic carbocycles. The van der Waals surface area contributed by atoms with Crippen molar-refractivity contribution in [3.8, 4) is 11.8 Å². The number of hydrogen-bond acceptors (Lipinski definition) is 2. The summed E-state index contributed by atoms with van der Waals surface area (Å²) in [4.78, 5) is 3.61. The van der Waals surface area contributed by atoms with Gasteiger partial charge in [-0.2, -0.15) is 5.26 Å². The van der Waals surface area contributed by atoms with Gasteiger partial charge in [0, 0.05) is 4.53 Å². The zero-order valence-electron chi connectivity index (χ0n) is 7.20. The molecule has 68 valence electrons. The highest BCUT2D eigenvalue weighted by Crippen LogP contribution is 2.21. The van der Waals surface area contributed by atoms with Crippen molar-refractivity contribution in [1.82, 2.24) is 0 Å². The Kier molecular flexibility index (Phi) is 2.04. The lowest BCUT2D eigenvalue weighted by Gasteiger charge is -1.99. The number of fused-ring (bicyclic) bond motifs is 1. The number of benzene rings is 2. The fourth-order valence-corrected chi connectivity index (χ4v) is 1.34. The SMILES string of the molecule is N#Cc1ccc2cc(OF)ccc2c1. The fraction of sp³-hybridized carbons (Fsp3) is 0. The lowest BCUT2D eigenvalue weighted by Crippen LogP contribution is -1.79. The lowest BCUT2D eigenvalue weighted by molar-refractivity contribution is -0.00603. The van der Waals surface area contributed by atoms with Crippen molar-refractivity contribution in [2.24, 2.45) is 0 Å². The molecule has 2 aromatic carbocycles. The van der Waals surface area contributed by atoms with E-state index in [0.29, 0.717) is 5.56 Å². The highest BCUT2D eigenvalue weighted by Gasteiger charge is 1.98. The van der Waals surface area contributed by atoms with E-state index in [1.54, 1.807) is 30.3 Å². The van der Waals surface area contributed by atoms with Crippen LogP contribution < -0.4 is 4.94 Å². The maximum Gasteiger partial charge on any atom is 0.172 e. The quantitative estimate of drug-likeness (QED) is 0.687. The summed E-state index contributed by atoms with van der Waals surface area (Å²) < 4.78 is 11.8. The van der Waals surface area contributed by atoms with Crippen molar-refractivity contribution in [3.05, 3.63) is 42.0 Å². The lowest BCUT2D eigenvalue weighted by atomic mass is 10.1. The van der Waals surface area contributed by atoms with E-state index in [-0.39, 0.29) is 5.75 Å². The van der Waals surface area contributed by atoms with Crippen LogP contribution in [0.2, 0.25) is 0 Å². The highest BCUT2D eigenvalue weighted by atomic mass is 19.3.